The van der Waals surface area contributed by atoms with Crippen LogP contribution in [0.15, 0.2) is 34.1 Å². The molecule has 8 heteroatoms. The highest BCUT2D eigenvalue weighted by Gasteiger charge is 2.29. The Morgan fingerprint density at radius 2 is 1.57 bits per heavy atom. The van der Waals surface area contributed by atoms with Gasteiger partial charge < -0.3 is 5.32 Å². The summed E-state index contributed by atoms with van der Waals surface area (Å²) in [5.74, 6) is 0.557. The van der Waals surface area contributed by atoms with Gasteiger partial charge in [-0.15, -0.1) is 0 Å². The highest BCUT2D eigenvalue weighted by Crippen LogP contribution is 2.26. The van der Waals surface area contributed by atoms with E-state index in [9.17, 15) is 16.8 Å². The average Bonchev–Trinajstić information content (AvgIpc) is 2.52. The van der Waals surface area contributed by atoms with Crippen LogP contribution in [-0.2, 0) is 19.9 Å². The Kier molecular flexibility index (Phi) is 5.83. The fraction of sp³-hybridized carbons (Fsp3) is 0.600. The molecule has 0 aliphatic carbocycles. The van der Waals surface area contributed by atoms with E-state index in [1.807, 2.05) is 7.05 Å². The van der Waals surface area contributed by atoms with Gasteiger partial charge in [-0.05, 0) is 63.0 Å². The van der Waals surface area contributed by atoms with Gasteiger partial charge in [0.25, 0.3) is 0 Å². The van der Waals surface area contributed by atoms with Crippen molar-refractivity contribution in [3.8, 4) is 0 Å². The molecule has 1 aliphatic rings. The van der Waals surface area contributed by atoms with Crippen LogP contribution in [0.2, 0.25) is 0 Å². The largest absolute Gasteiger partial charge is 0.320 e. The number of rotatable bonds is 6. The minimum Gasteiger partial charge on any atom is -0.320 e. The van der Waals surface area contributed by atoms with Crippen molar-refractivity contribution in [1.29, 1.82) is 0 Å². The molecular formula is C15H24N2O4S2. The maximum atomic E-state index is 12.6. The van der Waals surface area contributed by atoms with Crippen LogP contribution in [0.1, 0.15) is 19.3 Å². The number of sulfonamides is 1. The van der Waals surface area contributed by atoms with Crippen LogP contribution >= 0.6 is 0 Å². The van der Waals surface area contributed by atoms with Gasteiger partial charge in [-0.1, -0.05) is 0 Å². The van der Waals surface area contributed by atoms with Crippen molar-refractivity contribution in [2.75, 3.05) is 32.9 Å². The molecule has 0 radical (unpaired) electrons. The van der Waals surface area contributed by atoms with Gasteiger partial charge in [-0.25, -0.2) is 16.8 Å². The predicted molar refractivity (Wildman–Crippen MR) is 89.6 cm³/mol. The lowest BCUT2D eigenvalue weighted by atomic mass is 9.95. The molecule has 1 heterocycles. The Morgan fingerprint density at radius 1 is 1.04 bits per heavy atom. The standard InChI is InChI=1S/C15H24N2O4S2/c1-16-10-7-13-8-11-17(12-9-13)23(20,21)15-5-3-14(4-6-15)22(2,18)19/h3-6,13,16H,7-12H2,1-2H3. The van der Waals surface area contributed by atoms with Gasteiger partial charge in [-0.2, -0.15) is 4.31 Å². The van der Waals surface area contributed by atoms with Crippen molar-refractivity contribution in [2.45, 2.75) is 29.1 Å². The topological polar surface area (TPSA) is 83.6 Å². The Balaban J connectivity index is 2.08. The molecule has 6 nitrogen and oxygen atoms in total. The molecule has 130 valence electrons. The molecule has 0 amide bonds. The molecule has 0 spiro atoms. The molecule has 1 N–H and O–H groups in total. The third kappa shape index (κ3) is 4.53. The average molecular weight is 361 g/mol. The van der Waals surface area contributed by atoms with Gasteiger partial charge in [0.15, 0.2) is 9.84 Å². The second-order valence-corrected chi connectivity index (χ2v) is 9.94. The summed E-state index contributed by atoms with van der Waals surface area (Å²) in [6, 6.07) is 5.45. The molecule has 1 aromatic rings. The lowest BCUT2D eigenvalue weighted by Gasteiger charge is -2.31. The highest BCUT2D eigenvalue weighted by molar-refractivity contribution is 7.90. The third-order valence-electron chi connectivity index (χ3n) is 4.27. The summed E-state index contributed by atoms with van der Waals surface area (Å²) in [6.07, 6.45) is 3.89. The van der Waals surface area contributed by atoms with Crippen LogP contribution in [0.3, 0.4) is 0 Å². The molecule has 1 aliphatic heterocycles. The van der Waals surface area contributed by atoms with E-state index in [0.29, 0.717) is 19.0 Å². The maximum absolute atomic E-state index is 12.6. The number of hydrogen-bond acceptors (Lipinski definition) is 5. The molecule has 23 heavy (non-hydrogen) atoms. The van der Waals surface area contributed by atoms with E-state index in [4.69, 9.17) is 0 Å². The van der Waals surface area contributed by atoms with E-state index < -0.39 is 19.9 Å². The first-order valence-electron chi connectivity index (χ1n) is 7.70. The van der Waals surface area contributed by atoms with E-state index in [-0.39, 0.29) is 9.79 Å². The van der Waals surface area contributed by atoms with Crippen LogP contribution in [0.5, 0.6) is 0 Å². The summed E-state index contributed by atoms with van der Waals surface area (Å²) in [5, 5.41) is 3.12. The van der Waals surface area contributed by atoms with E-state index >= 15 is 0 Å². The monoisotopic (exact) mass is 360 g/mol. The fourth-order valence-electron chi connectivity index (χ4n) is 2.79. The van der Waals surface area contributed by atoms with Gasteiger partial charge in [0.1, 0.15) is 0 Å². The third-order valence-corrected chi connectivity index (χ3v) is 7.31. The molecule has 1 aromatic carbocycles. The van der Waals surface area contributed by atoms with E-state index in [1.165, 1.54) is 28.6 Å². The molecular weight excluding hydrogens is 336 g/mol. The molecule has 0 atom stereocenters. The Hall–Kier alpha value is -0.960. The first-order chi connectivity index (χ1) is 10.7. The Bertz CT molecular complexity index is 719. The van der Waals surface area contributed by atoms with Gasteiger partial charge in [-0.3, -0.25) is 0 Å². The van der Waals surface area contributed by atoms with E-state index in [1.54, 1.807) is 0 Å². The van der Waals surface area contributed by atoms with Crippen molar-refractivity contribution in [2.24, 2.45) is 5.92 Å². The Morgan fingerprint density at radius 3 is 2.04 bits per heavy atom. The quantitative estimate of drug-likeness (QED) is 0.821. The molecule has 0 bridgehead atoms. The molecule has 0 aromatic heterocycles. The van der Waals surface area contributed by atoms with Crippen LogP contribution in [0.25, 0.3) is 0 Å². The van der Waals surface area contributed by atoms with Crippen LogP contribution in [0.4, 0.5) is 0 Å². The van der Waals surface area contributed by atoms with Gasteiger partial charge in [0.05, 0.1) is 9.79 Å². The second-order valence-electron chi connectivity index (χ2n) is 5.98. The zero-order valence-corrected chi connectivity index (χ0v) is 15.2. The number of hydrogen-bond donors (Lipinski definition) is 1. The zero-order valence-electron chi connectivity index (χ0n) is 13.5. The van der Waals surface area contributed by atoms with Gasteiger partial charge in [0, 0.05) is 19.3 Å². The zero-order chi connectivity index (χ0) is 17.1. The second kappa shape index (κ2) is 7.29. The van der Waals surface area contributed by atoms with Gasteiger partial charge in [0.2, 0.25) is 10.0 Å². The highest BCUT2D eigenvalue weighted by atomic mass is 32.2. The maximum Gasteiger partial charge on any atom is 0.243 e. The van der Waals surface area contributed by atoms with Crippen molar-refractivity contribution in [1.82, 2.24) is 9.62 Å². The minimum absolute atomic E-state index is 0.127. The summed E-state index contributed by atoms with van der Waals surface area (Å²) in [5.41, 5.74) is 0. The summed E-state index contributed by atoms with van der Waals surface area (Å²) < 4.78 is 49.7. The minimum atomic E-state index is -3.55. The predicted octanol–water partition coefficient (Wildman–Crippen LogP) is 1.10. The van der Waals surface area contributed by atoms with E-state index in [0.717, 1.165) is 32.1 Å². The molecule has 1 fully saturated rings. The SMILES string of the molecule is CNCCC1CCN(S(=O)(=O)c2ccc(S(C)(=O)=O)cc2)CC1. The summed E-state index contributed by atoms with van der Waals surface area (Å²) in [6.45, 7) is 1.99. The number of piperidine rings is 1. The lowest BCUT2D eigenvalue weighted by Crippen LogP contribution is -2.38. The van der Waals surface area contributed by atoms with Crippen molar-refractivity contribution < 1.29 is 16.8 Å². The normalized spacial score (nSPS) is 18.2. The van der Waals surface area contributed by atoms with Crippen LogP contribution in [0, 0.1) is 5.92 Å². The lowest BCUT2D eigenvalue weighted by molar-refractivity contribution is 0.263. The smallest absolute Gasteiger partial charge is 0.243 e. The first-order valence-corrected chi connectivity index (χ1v) is 11.0. The van der Waals surface area contributed by atoms with Crippen LogP contribution in [-0.4, -0.2) is 54.1 Å². The van der Waals surface area contributed by atoms with Crippen molar-refractivity contribution in [3.05, 3.63) is 24.3 Å². The molecule has 2 rings (SSSR count). The number of sulfone groups is 1. The Labute approximate surface area is 138 Å². The number of nitrogens with one attached hydrogen (secondary N) is 1. The van der Waals surface area contributed by atoms with Crippen molar-refractivity contribution in [3.63, 3.8) is 0 Å². The van der Waals surface area contributed by atoms with Gasteiger partial charge >= 0.3 is 0 Å². The molecule has 0 saturated carbocycles. The summed E-state index contributed by atoms with van der Waals surface area (Å²) in [4.78, 5) is 0.279. The number of nitrogens with zero attached hydrogens (tertiary/aromatic N) is 1. The van der Waals surface area contributed by atoms with E-state index in [2.05, 4.69) is 5.32 Å². The molecule has 0 unspecified atom stereocenters. The molecule has 1 saturated heterocycles. The summed E-state index contributed by atoms with van der Waals surface area (Å²) in [7, 11) is -4.95. The fourth-order valence-corrected chi connectivity index (χ4v) is 4.89. The van der Waals surface area contributed by atoms with Crippen LogP contribution < -0.4 is 5.32 Å². The first kappa shape index (κ1) is 18.4. The number of benzene rings is 1. The van der Waals surface area contributed by atoms with Crippen molar-refractivity contribution >= 4 is 19.9 Å². The summed E-state index contributed by atoms with van der Waals surface area (Å²) >= 11 is 0.